The highest BCUT2D eigenvalue weighted by Crippen LogP contribution is 2.33. The molecule has 3 rings (SSSR count). The fraction of sp³-hybridized carbons (Fsp3) is 0.0667. The maximum atomic E-state index is 12.9. The summed E-state index contributed by atoms with van der Waals surface area (Å²) in [5.74, 6) is 0.206. The Bertz CT molecular complexity index is 708. The van der Waals surface area contributed by atoms with E-state index in [0.717, 1.165) is 5.56 Å². The van der Waals surface area contributed by atoms with Crippen LogP contribution in [0.1, 0.15) is 11.3 Å². The Morgan fingerprint density at radius 3 is 2.71 bits per heavy atom. The van der Waals surface area contributed by atoms with Gasteiger partial charge >= 0.3 is 0 Å². The lowest BCUT2D eigenvalue weighted by Gasteiger charge is -2.11. The molecule has 1 aromatic heterocycles. The molecule has 106 valence electrons. The van der Waals surface area contributed by atoms with Crippen LogP contribution in [0.4, 0.5) is 4.39 Å². The standard InChI is InChI=1S/C15H10FNO2S2/c16-11-5-3-10(4-6-11)8-13-14(18)17(15(20)21-13)9-12-2-1-7-19-12/h1-8H,9H2/b13-8+. The summed E-state index contributed by atoms with van der Waals surface area (Å²) in [6.07, 6.45) is 3.27. The number of thiocarbonyl (C=S) groups is 1. The Labute approximate surface area is 130 Å². The first kappa shape index (κ1) is 14.0. The third-order valence-corrected chi connectivity index (χ3v) is 4.31. The Kier molecular flexibility index (Phi) is 3.90. The molecule has 1 aromatic carbocycles. The summed E-state index contributed by atoms with van der Waals surface area (Å²) in [4.78, 5) is 14.4. The summed E-state index contributed by atoms with van der Waals surface area (Å²) in [6.45, 7) is 0.318. The first-order valence-electron chi connectivity index (χ1n) is 6.17. The van der Waals surface area contributed by atoms with E-state index in [4.69, 9.17) is 16.6 Å². The van der Waals surface area contributed by atoms with Gasteiger partial charge in [-0.2, -0.15) is 0 Å². The van der Waals surface area contributed by atoms with E-state index in [2.05, 4.69) is 0 Å². The summed E-state index contributed by atoms with van der Waals surface area (Å²) in [5.41, 5.74) is 0.759. The number of amides is 1. The normalized spacial score (nSPS) is 17.0. The highest BCUT2D eigenvalue weighted by Gasteiger charge is 2.32. The molecule has 2 heterocycles. The quantitative estimate of drug-likeness (QED) is 0.636. The van der Waals surface area contributed by atoms with Crippen molar-refractivity contribution in [1.29, 1.82) is 0 Å². The van der Waals surface area contributed by atoms with Crippen molar-refractivity contribution in [2.24, 2.45) is 0 Å². The summed E-state index contributed by atoms with van der Waals surface area (Å²) in [5, 5.41) is 0. The Hall–Kier alpha value is -1.92. The van der Waals surface area contributed by atoms with Gasteiger partial charge in [-0.05, 0) is 35.9 Å². The van der Waals surface area contributed by atoms with Crippen molar-refractivity contribution in [3.63, 3.8) is 0 Å². The van der Waals surface area contributed by atoms with Crippen molar-refractivity contribution >= 4 is 40.3 Å². The maximum Gasteiger partial charge on any atom is 0.266 e. The molecule has 0 unspecified atom stereocenters. The topological polar surface area (TPSA) is 33.5 Å². The van der Waals surface area contributed by atoms with Crippen LogP contribution in [-0.2, 0) is 11.3 Å². The van der Waals surface area contributed by atoms with Gasteiger partial charge in [-0.25, -0.2) is 4.39 Å². The summed E-state index contributed by atoms with van der Waals surface area (Å²) < 4.78 is 18.6. The lowest BCUT2D eigenvalue weighted by atomic mass is 10.2. The molecule has 1 aliphatic rings. The molecule has 21 heavy (non-hydrogen) atoms. The molecule has 1 amide bonds. The van der Waals surface area contributed by atoms with Crippen LogP contribution >= 0.6 is 24.0 Å². The molecule has 2 aromatic rings. The van der Waals surface area contributed by atoms with Crippen LogP contribution < -0.4 is 0 Å². The fourth-order valence-corrected chi connectivity index (χ4v) is 3.16. The van der Waals surface area contributed by atoms with Crippen LogP contribution in [0.2, 0.25) is 0 Å². The van der Waals surface area contributed by atoms with Gasteiger partial charge in [0.25, 0.3) is 5.91 Å². The Balaban J connectivity index is 1.81. The van der Waals surface area contributed by atoms with Gasteiger partial charge in [0.1, 0.15) is 15.9 Å². The molecule has 0 radical (unpaired) electrons. The minimum absolute atomic E-state index is 0.161. The second kappa shape index (κ2) is 5.83. The molecule has 6 heteroatoms. The number of carbonyl (C=O) groups excluding carboxylic acids is 1. The third-order valence-electron chi connectivity index (χ3n) is 2.94. The number of nitrogens with zero attached hydrogens (tertiary/aromatic N) is 1. The predicted octanol–water partition coefficient (Wildman–Crippen LogP) is 3.82. The smallest absolute Gasteiger partial charge is 0.266 e. The van der Waals surface area contributed by atoms with Gasteiger partial charge in [0, 0.05) is 0 Å². The Morgan fingerprint density at radius 1 is 1.29 bits per heavy atom. The molecular weight excluding hydrogens is 309 g/mol. The first-order valence-corrected chi connectivity index (χ1v) is 7.39. The predicted molar refractivity (Wildman–Crippen MR) is 83.8 cm³/mol. The van der Waals surface area contributed by atoms with Crippen molar-refractivity contribution in [2.45, 2.75) is 6.54 Å². The van der Waals surface area contributed by atoms with E-state index < -0.39 is 0 Å². The van der Waals surface area contributed by atoms with Crippen LogP contribution in [0, 0.1) is 5.82 Å². The van der Waals surface area contributed by atoms with E-state index in [-0.39, 0.29) is 11.7 Å². The third kappa shape index (κ3) is 3.06. The monoisotopic (exact) mass is 319 g/mol. The number of benzene rings is 1. The van der Waals surface area contributed by atoms with E-state index in [1.807, 2.05) is 0 Å². The molecule has 1 saturated heterocycles. The number of thioether (sulfide) groups is 1. The van der Waals surface area contributed by atoms with E-state index in [9.17, 15) is 9.18 Å². The number of hydrogen-bond donors (Lipinski definition) is 0. The first-order chi connectivity index (χ1) is 10.1. The Morgan fingerprint density at radius 2 is 2.05 bits per heavy atom. The van der Waals surface area contributed by atoms with Gasteiger partial charge in [0.05, 0.1) is 17.7 Å². The lowest BCUT2D eigenvalue weighted by molar-refractivity contribution is -0.122. The van der Waals surface area contributed by atoms with Crippen LogP contribution in [0.15, 0.2) is 52.0 Å². The van der Waals surface area contributed by atoms with E-state index in [1.165, 1.54) is 28.8 Å². The van der Waals surface area contributed by atoms with Crippen LogP contribution in [0.25, 0.3) is 6.08 Å². The van der Waals surface area contributed by atoms with E-state index >= 15 is 0 Å². The zero-order valence-corrected chi connectivity index (χ0v) is 12.4. The second-order valence-electron chi connectivity index (χ2n) is 4.40. The van der Waals surface area contributed by atoms with E-state index in [1.54, 1.807) is 36.6 Å². The average molecular weight is 319 g/mol. The van der Waals surface area contributed by atoms with Gasteiger partial charge in [-0.3, -0.25) is 9.69 Å². The van der Waals surface area contributed by atoms with Gasteiger partial charge in [0.15, 0.2) is 0 Å². The highest BCUT2D eigenvalue weighted by molar-refractivity contribution is 8.26. The molecule has 1 aliphatic heterocycles. The van der Waals surface area contributed by atoms with Crippen LogP contribution in [0.5, 0.6) is 0 Å². The fourth-order valence-electron chi connectivity index (χ4n) is 1.91. The molecule has 0 atom stereocenters. The number of rotatable bonds is 3. The molecule has 3 nitrogen and oxygen atoms in total. The molecule has 0 aliphatic carbocycles. The van der Waals surface area contributed by atoms with Gasteiger partial charge in [0.2, 0.25) is 0 Å². The largest absolute Gasteiger partial charge is 0.467 e. The minimum Gasteiger partial charge on any atom is -0.467 e. The molecule has 0 saturated carbocycles. The van der Waals surface area contributed by atoms with Crippen LogP contribution in [-0.4, -0.2) is 15.1 Å². The molecule has 0 spiro atoms. The van der Waals surface area contributed by atoms with Gasteiger partial charge in [-0.15, -0.1) is 0 Å². The van der Waals surface area contributed by atoms with Crippen molar-refractivity contribution in [3.05, 3.63) is 64.7 Å². The highest BCUT2D eigenvalue weighted by atomic mass is 32.2. The number of halogens is 1. The SMILES string of the molecule is O=C1/C(=C\c2ccc(F)cc2)SC(=S)N1Cc1ccco1. The van der Waals surface area contributed by atoms with Gasteiger partial charge in [-0.1, -0.05) is 36.1 Å². The lowest BCUT2D eigenvalue weighted by Crippen LogP contribution is -2.27. The van der Waals surface area contributed by atoms with E-state index in [0.29, 0.717) is 21.5 Å². The summed E-state index contributed by atoms with van der Waals surface area (Å²) in [7, 11) is 0. The van der Waals surface area contributed by atoms with Crippen molar-refractivity contribution in [3.8, 4) is 0 Å². The minimum atomic E-state index is -0.308. The number of furan rings is 1. The van der Waals surface area contributed by atoms with Crippen molar-refractivity contribution < 1.29 is 13.6 Å². The maximum absolute atomic E-state index is 12.9. The number of hydrogen-bond acceptors (Lipinski definition) is 4. The molecular formula is C15H10FNO2S2. The van der Waals surface area contributed by atoms with Crippen LogP contribution in [0.3, 0.4) is 0 Å². The summed E-state index contributed by atoms with van der Waals surface area (Å²) >= 11 is 6.47. The van der Waals surface area contributed by atoms with Gasteiger partial charge < -0.3 is 4.42 Å². The summed E-state index contributed by atoms with van der Waals surface area (Å²) in [6, 6.07) is 9.51. The number of carbonyl (C=O) groups is 1. The zero-order chi connectivity index (χ0) is 14.8. The molecule has 1 fully saturated rings. The second-order valence-corrected chi connectivity index (χ2v) is 6.07. The molecule has 0 bridgehead atoms. The molecule has 0 N–H and O–H groups in total. The average Bonchev–Trinajstić information content (AvgIpc) is 3.06. The van der Waals surface area contributed by atoms with Crippen molar-refractivity contribution in [2.75, 3.05) is 0 Å². The van der Waals surface area contributed by atoms with Crippen molar-refractivity contribution in [1.82, 2.24) is 4.90 Å². The zero-order valence-electron chi connectivity index (χ0n) is 10.8.